The molecule has 1 aromatic carbocycles. The predicted octanol–water partition coefficient (Wildman–Crippen LogP) is 0.964. The van der Waals surface area contributed by atoms with Crippen molar-refractivity contribution in [1.82, 2.24) is 0 Å². The molecule has 7 N–H and O–H groups in total. The number of rotatable bonds is 4. The van der Waals surface area contributed by atoms with Crippen molar-refractivity contribution in [1.29, 1.82) is 0 Å². The third kappa shape index (κ3) is 3.44. The summed E-state index contributed by atoms with van der Waals surface area (Å²) < 4.78 is 0. The smallest absolute Gasteiger partial charge is 0.127 e. The van der Waals surface area contributed by atoms with E-state index < -0.39 is 6.04 Å². The topological polar surface area (TPSA) is 113 Å². The highest BCUT2D eigenvalue weighted by Gasteiger charge is 2.16. The molecule has 5 nitrogen and oxygen atoms in total. The van der Waals surface area contributed by atoms with Gasteiger partial charge >= 0.3 is 0 Å². The molecule has 0 amide bonds. The van der Waals surface area contributed by atoms with Gasteiger partial charge in [0, 0.05) is 18.2 Å². The highest BCUT2D eigenvalue weighted by molar-refractivity contribution is 5.85. The van der Waals surface area contributed by atoms with Crippen molar-refractivity contribution < 1.29 is 15.3 Å². The fraction of sp³-hybridized carbons (Fsp3) is 0.400. The molecule has 0 saturated carbocycles. The van der Waals surface area contributed by atoms with Crippen LogP contribution in [0, 0.1) is 0 Å². The first-order chi connectivity index (χ1) is 7.06. The minimum Gasteiger partial charge on any atom is -0.508 e. The number of phenolic OH excluding ortho intramolecular Hbond substituents is 3. The van der Waals surface area contributed by atoms with Crippen LogP contribution in [0.3, 0.4) is 0 Å². The van der Waals surface area contributed by atoms with Gasteiger partial charge < -0.3 is 26.8 Å². The van der Waals surface area contributed by atoms with Crippen LogP contribution < -0.4 is 11.5 Å². The third-order valence-corrected chi connectivity index (χ3v) is 2.21. The van der Waals surface area contributed by atoms with E-state index in [1.807, 2.05) is 0 Å². The molecule has 1 atom stereocenters. The monoisotopic (exact) mass is 248 g/mol. The quantitative estimate of drug-likeness (QED) is 0.545. The average molecular weight is 249 g/mol. The molecule has 0 saturated heterocycles. The number of nitrogens with two attached hydrogens (primary N) is 2. The summed E-state index contributed by atoms with van der Waals surface area (Å²) in [5, 5.41) is 28.1. The van der Waals surface area contributed by atoms with Gasteiger partial charge in [0.25, 0.3) is 0 Å². The molecule has 0 aliphatic carbocycles. The lowest BCUT2D eigenvalue weighted by Crippen LogP contribution is -2.12. The SMILES string of the molecule is Cl.NCCC[C@@H](N)c1c(O)cc(O)cc1O. The fourth-order valence-corrected chi connectivity index (χ4v) is 1.47. The summed E-state index contributed by atoms with van der Waals surface area (Å²) in [5.74, 6) is -0.589. The Balaban J connectivity index is 0.00000225. The van der Waals surface area contributed by atoms with Crippen LogP contribution in [-0.4, -0.2) is 21.9 Å². The number of halogens is 1. The lowest BCUT2D eigenvalue weighted by Gasteiger charge is -2.15. The van der Waals surface area contributed by atoms with Gasteiger partial charge in [0.05, 0.1) is 5.56 Å². The Kier molecular flexibility index (Phi) is 5.95. The molecule has 0 heterocycles. The predicted molar refractivity (Wildman–Crippen MR) is 63.9 cm³/mol. The van der Waals surface area contributed by atoms with Crippen LogP contribution in [0.15, 0.2) is 12.1 Å². The van der Waals surface area contributed by atoms with Gasteiger partial charge in [-0.25, -0.2) is 0 Å². The minimum absolute atomic E-state index is 0. The fourth-order valence-electron chi connectivity index (χ4n) is 1.47. The summed E-state index contributed by atoms with van der Waals surface area (Å²) in [4.78, 5) is 0. The van der Waals surface area contributed by atoms with E-state index in [0.29, 0.717) is 19.4 Å². The summed E-state index contributed by atoms with van der Waals surface area (Å²) in [6.45, 7) is 0.507. The zero-order valence-electron chi connectivity index (χ0n) is 8.76. The molecular formula is C10H17ClN2O3. The second-order valence-corrected chi connectivity index (χ2v) is 3.44. The molecule has 16 heavy (non-hydrogen) atoms. The van der Waals surface area contributed by atoms with Gasteiger partial charge in [0.1, 0.15) is 17.2 Å². The number of hydrogen-bond donors (Lipinski definition) is 5. The van der Waals surface area contributed by atoms with Gasteiger partial charge in [0.2, 0.25) is 0 Å². The highest BCUT2D eigenvalue weighted by atomic mass is 35.5. The van der Waals surface area contributed by atoms with E-state index in [2.05, 4.69) is 0 Å². The van der Waals surface area contributed by atoms with Gasteiger partial charge in [-0.15, -0.1) is 12.4 Å². The van der Waals surface area contributed by atoms with E-state index in [9.17, 15) is 10.2 Å². The Morgan fingerprint density at radius 3 is 2.06 bits per heavy atom. The summed E-state index contributed by atoms with van der Waals surface area (Å²) in [6.07, 6.45) is 1.28. The summed E-state index contributed by atoms with van der Waals surface area (Å²) in [7, 11) is 0. The average Bonchev–Trinajstić information content (AvgIpc) is 2.12. The van der Waals surface area contributed by atoms with E-state index >= 15 is 0 Å². The van der Waals surface area contributed by atoms with Crippen LogP contribution in [0.25, 0.3) is 0 Å². The molecule has 0 aliphatic rings. The summed E-state index contributed by atoms with van der Waals surface area (Å²) in [6, 6.07) is 1.82. The standard InChI is InChI=1S/C10H16N2O3.ClH/c11-3-1-2-7(12)10-8(14)4-6(13)5-9(10)15;/h4-5,7,13-15H,1-3,11-12H2;1H/t7-;/m1./s1. The molecule has 6 heteroatoms. The van der Waals surface area contributed by atoms with Crippen molar-refractivity contribution >= 4 is 12.4 Å². The normalized spacial score (nSPS) is 11.9. The molecule has 0 bridgehead atoms. The zero-order chi connectivity index (χ0) is 11.4. The maximum Gasteiger partial charge on any atom is 0.127 e. The Morgan fingerprint density at radius 1 is 1.12 bits per heavy atom. The Bertz CT molecular complexity index is 324. The molecule has 0 aliphatic heterocycles. The van der Waals surface area contributed by atoms with Gasteiger partial charge in [-0.3, -0.25) is 0 Å². The van der Waals surface area contributed by atoms with Crippen LogP contribution in [-0.2, 0) is 0 Å². The molecule has 0 aromatic heterocycles. The second kappa shape index (κ2) is 6.42. The van der Waals surface area contributed by atoms with E-state index in [1.54, 1.807) is 0 Å². The van der Waals surface area contributed by atoms with Crippen molar-refractivity contribution in [3.05, 3.63) is 17.7 Å². The summed E-state index contributed by atoms with van der Waals surface area (Å²) in [5.41, 5.74) is 11.4. The van der Waals surface area contributed by atoms with Crippen molar-refractivity contribution in [2.75, 3.05) is 6.54 Å². The van der Waals surface area contributed by atoms with Crippen LogP contribution >= 0.6 is 12.4 Å². The van der Waals surface area contributed by atoms with Gasteiger partial charge in [-0.2, -0.15) is 0 Å². The van der Waals surface area contributed by atoms with Crippen LogP contribution in [0.4, 0.5) is 0 Å². The number of aromatic hydroxyl groups is 3. The molecule has 0 fully saturated rings. The second-order valence-electron chi connectivity index (χ2n) is 3.44. The van der Waals surface area contributed by atoms with Crippen LogP contribution in [0.5, 0.6) is 17.2 Å². The first kappa shape index (κ1) is 14.8. The van der Waals surface area contributed by atoms with E-state index in [0.717, 1.165) is 12.1 Å². The largest absolute Gasteiger partial charge is 0.508 e. The lowest BCUT2D eigenvalue weighted by atomic mass is 10.0. The maximum absolute atomic E-state index is 9.51. The molecule has 0 radical (unpaired) electrons. The van der Waals surface area contributed by atoms with Crippen molar-refractivity contribution in [2.45, 2.75) is 18.9 Å². The van der Waals surface area contributed by atoms with E-state index in [1.165, 1.54) is 0 Å². The Labute approximate surface area is 100 Å². The van der Waals surface area contributed by atoms with E-state index in [4.69, 9.17) is 16.6 Å². The van der Waals surface area contributed by atoms with Crippen LogP contribution in [0.2, 0.25) is 0 Å². The Hall–Kier alpha value is -1.17. The van der Waals surface area contributed by atoms with Crippen LogP contribution in [0.1, 0.15) is 24.4 Å². The zero-order valence-corrected chi connectivity index (χ0v) is 9.57. The molecule has 0 unspecified atom stereocenters. The van der Waals surface area contributed by atoms with Gasteiger partial charge in [-0.05, 0) is 19.4 Å². The van der Waals surface area contributed by atoms with Gasteiger partial charge in [-0.1, -0.05) is 0 Å². The number of phenols is 3. The first-order valence-corrected chi connectivity index (χ1v) is 4.76. The number of benzene rings is 1. The molecule has 0 spiro atoms. The maximum atomic E-state index is 9.51. The first-order valence-electron chi connectivity index (χ1n) is 4.76. The molecule has 1 rings (SSSR count). The minimum atomic E-state index is -0.478. The van der Waals surface area contributed by atoms with Crippen molar-refractivity contribution in [3.63, 3.8) is 0 Å². The van der Waals surface area contributed by atoms with Crippen molar-refractivity contribution in [2.24, 2.45) is 11.5 Å². The number of hydrogen-bond acceptors (Lipinski definition) is 5. The Morgan fingerprint density at radius 2 is 1.62 bits per heavy atom. The molecule has 1 aromatic rings. The van der Waals surface area contributed by atoms with Crippen molar-refractivity contribution in [3.8, 4) is 17.2 Å². The summed E-state index contributed by atoms with van der Waals surface area (Å²) >= 11 is 0. The third-order valence-electron chi connectivity index (χ3n) is 2.21. The molecular weight excluding hydrogens is 232 g/mol. The molecule has 92 valence electrons. The lowest BCUT2D eigenvalue weighted by molar-refractivity contribution is 0.408. The van der Waals surface area contributed by atoms with E-state index in [-0.39, 0.29) is 35.2 Å². The highest BCUT2D eigenvalue weighted by Crippen LogP contribution is 2.36. The van der Waals surface area contributed by atoms with Gasteiger partial charge in [0.15, 0.2) is 0 Å².